The Hall–Kier alpha value is -1.53. The normalized spacial score (nSPS) is 11.9. The van der Waals surface area contributed by atoms with Crippen molar-refractivity contribution in [3.63, 3.8) is 0 Å². The molecule has 4 nitrogen and oxygen atoms in total. The predicted octanol–water partition coefficient (Wildman–Crippen LogP) is 3.55. The van der Waals surface area contributed by atoms with Crippen molar-refractivity contribution in [2.24, 2.45) is 0 Å². The topological polar surface area (TPSA) is 52.6 Å². The highest BCUT2D eigenvalue weighted by atomic mass is 19.4. The predicted molar refractivity (Wildman–Crippen MR) is 70.5 cm³/mol. The maximum absolute atomic E-state index is 12.0. The number of hydrogen-bond acceptors (Lipinski definition) is 4. The number of rotatable bonds is 8. The first kappa shape index (κ1) is 19.5. The third-order valence-electron chi connectivity index (χ3n) is 3.19. The minimum atomic E-state index is -4.99. The lowest BCUT2D eigenvalue weighted by Gasteiger charge is -2.31. The Balaban J connectivity index is 4.43. The van der Waals surface area contributed by atoms with Crippen LogP contribution in [0.2, 0.25) is 0 Å². The first-order chi connectivity index (χ1) is 9.58. The molecule has 0 aromatic heterocycles. The summed E-state index contributed by atoms with van der Waals surface area (Å²) in [5, 5.41) is 0. The van der Waals surface area contributed by atoms with E-state index in [4.69, 9.17) is 4.74 Å². The zero-order valence-electron chi connectivity index (χ0n) is 12.5. The van der Waals surface area contributed by atoms with E-state index in [1.807, 2.05) is 13.8 Å². The molecule has 21 heavy (non-hydrogen) atoms. The van der Waals surface area contributed by atoms with Crippen LogP contribution in [0.5, 0.6) is 0 Å². The molecule has 0 heterocycles. The molecule has 0 aromatic carbocycles. The van der Waals surface area contributed by atoms with E-state index < -0.39 is 23.7 Å². The van der Waals surface area contributed by atoms with Gasteiger partial charge in [0.05, 0.1) is 6.61 Å². The summed E-state index contributed by atoms with van der Waals surface area (Å²) in [4.78, 5) is 22.1. The van der Waals surface area contributed by atoms with E-state index in [1.54, 1.807) is 0 Å². The second kappa shape index (κ2) is 8.05. The first-order valence-electron chi connectivity index (χ1n) is 6.70. The molecule has 0 saturated heterocycles. The van der Waals surface area contributed by atoms with Gasteiger partial charge in [0, 0.05) is 5.57 Å². The number of esters is 2. The number of carbonyl (C=O) groups excluding carboxylic acids is 2. The number of halogens is 3. The monoisotopic (exact) mass is 310 g/mol. The second-order valence-corrected chi connectivity index (χ2v) is 4.80. The van der Waals surface area contributed by atoms with Gasteiger partial charge in [0.15, 0.2) is 0 Å². The van der Waals surface area contributed by atoms with E-state index in [-0.39, 0.29) is 18.6 Å². The fraction of sp³-hybridized carbons (Fsp3) is 0.714. The highest BCUT2D eigenvalue weighted by Gasteiger charge is 2.41. The van der Waals surface area contributed by atoms with Gasteiger partial charge in [-0.25, -0.2) is 9.59 Å². The lowest BCUT2D eigenvalue weighted by Crippen LogP contribution is -2.35. The Bertz CT molecular complexity index is 384. The molecule has 0 rings (SSSR count). The molecule has 0 unspecified atom stereocenters. The van der Waals surface area contributed by atoms with Crippen molar-refractivity contribution < 1.29 is 32.2 Å². The van der Waals surface area contributed by atoms with E-state index in [0.29, 0.717) is 19.3 Å². The van der Waals surface area contributed by atoms with Crippen LogP contribution in [0.15, 0.2) is 12.2 Å². The molecule has 122 valence electrons. The van der Waals surface area contributed by atoms with Gasteiger partial charge in [-0.3, -0.25) is 0 Å². The fourth-order valence-electron chi connectivity index (χ4n) is 1.72. The lowest BCUT2D eigenvalue weighted by molar-refractivity contribution is -0.200. The van der Waals surface area contributed by atoms with Gasteiger partial charge in [0.1, 0.15) is 5.60 Å². The molecule has 0 aliphatic heterocycles. The minimum Gasteiger partial charge on any atom is -0.459 e. The lowest BCUT2D eigenvalue weighted by atomic mass is 9.91. The van der Waals surface area contributed by atoms with E-state index in [1.165, 1.54) is 6.92 Å². The zero-order chi connectivity index (χ0) is 16.7. The molecule has 0 bridgehead atoms. The summed E-state index contributed by atoms with van der Waals surface area (Å²) < 4.78 is 45.3. The molecule has 0 fully saturated rings. The Morgan fingerprint density at radius 2 is 1.67 bits per heavy atom. The minimum absolute atomic E-state index is 0.174. The van der Waals surface area contributed by atoms with Gasteiger partial charge >= 0.3 is 18.1 Å². The quantitative estimate of drug-likeness (QED) is 0.391. The Kier molecular flexibility index (Phi) is 7.46. The van der Waals surface area contributed by atoms with Crippen molar-refractivity contribution in [2.45, 2.75) is 58.2 Å². The second-order valence-electron chi connectivity index (χ2n) is 4.80. The zero-order valence-corrected chi connectivity index (χ0v) is 12.5. The van der Waals surface area contributed by atoms with Gasteiger partial charge in [0.2, 0.25) is 0 Å². The molecule has 0 saturated carbocycles. The third kappa shape index (κ3) is 6.64. The van der Waals surface area contributed by atoms with Crippen molar-refractivity contribution in [1.82, 2.24) is 0 Å². The van der Waals surface area contributed by atoms with Gasteiger partial charge in [-0.05, 0) is 32.6 Å². The molecular formula is C14H21F3O4. The van der Waals surface area contributed by atoms with E-state index in [9.17, 15) is 22.8 Å². The average molecular weight is 310 g/mol. The Morgan fingerprint density at radius 1 is 1.14 bits per heavy atom. The van der Waals surface area contributed by atoms with E-state index >= 15 is 0 Å². The fourth-order valence-corrected chi connectivity index (χ4v) is 1.72. The van der Waals surface area contributed by atoms with Crippen molar-refractivity contribution in [2.75, 3.05) is 6.61 Å². The number of hydrogen-bond donors (Lipinski definition) is 0. The SMILES string of the molecule is C=C(C)C(=O)OC(CC)(CC)CCCOC(=O)C(F)(F)F. The van der Waals surface area contributed by atoms with Gasteiger partial charge in [-0.2, -0.15) is 13.2 Å². The van der Waals surface area contributed by atoms with Crippen molar-refractivity contribution in [3.05, 3.63) is 12.2 Å². The molecule has 0 amide bonds. The Morgan fingerprint density at radius 3 is 2.05 bits per heavy atom. The largest absolute Gasteiger partial charge is 0.490 e. The van der Waals surface area contributed by atoms with Crippen LogP contribution in [0, 0.1) is 0 Å². The van der Waals surface area contributed by atoms with Crippen molar-refractivity contribution in [1.29, 1.82) is 0 Å². The molecule has 0 aliphatic carbocycles. The highest BCUT2D eigenvalue weighted by molar-refractivity contribution is 5.87. The number of alkyl halides is 3. The summed E-state index contributed by atoms with van der Waals surface area (Å²) >= 11 is 0. The molecule has 0 spiro atoms. The maximum atomic E-state index is 12.0. The number of ether oxygens (including phenoxy) is 2. The molecule has 0 aromatic rings. The van der Waals surface area contributed by atoms with Crippen LogP contribution < -0.4 is 0 Å². The summed E-state index contributed by atoms with van der Waals surface area (Å²) in [5.74, 6) is -2.74. The highest BCUT2D eigenvalue weighted by Crippen LogP contribution is 2.27. The van der Waals surface area contributed by atoms with Crippen molar-refractivity contribution in [3.8, 4) is 0 Å². The summed E-state index contributed by atoms with van der Waals surface area (Å²) in [5.41, 5.74) is -0.523. The molecule has 7 heteroatoms. The standard InChI is InChI=1S/C14H21F3O4/c1-5-13(6-2,21-11(18)10(3)4)8-7-9-20-12(19)14(15,16)17/h3,5-9H2,1-2,4H3. The third-order valence-corrected chi connectivity index (χ3v) is 3.19. The van der Waals surface area contributed by atoms with Crippen LogP contribution in [0.25, 0.3) is 0 Å². The van der Waals surface area contributed by atoms with Crippen LogP contribution in [0.1, 0.15) is 46.5 Å². The maximum Gasteiger partial charge on any atom is 0.490 e. The van der Waals surface area contributed by atoms with Gasteiger partial charge in [-0.1, -0.05) is 20.4 Å². The first-order valence-corrected chi connectivity index (χ1v) is 6.70. The van der Waals surface area contributed by atoms with E-state index in [2.05, 4.69) is 11.3 Å². The van der Waals surface area contributed by atoms with Crippen LogP contribution in [0.4, 0.5) is 13.2 Å². The molecule has 0 atom stereocenters. The van der Waals surface area contributed by atoms with Gasteiger partial charge < -0.3 is 9.47 Å². The molecule has 0 N–H and O–H groups in total. The molecular weight excluding hydrogens is 289 g/mol. The Labute approximate surface area is 122 Å². The van der Waals surface area contributed by atoms with E-state index in [0.717, 1.165) is 0 Å². The van der Waals surface area contributed by atoms with Gasteiger partial charge in [0.25, 0.3) is 0 Å². The van der Waals surface area contributed by atoms with Crippen molar-refractivity contribution >= 4 is 11.9 Å². The molecule has 0 radical (unpaired) electrons. The summed E-state index contributed by atoms with van der Waals surface area (Å²) in [6.07, 6.45) is -3.48. The summed E-state index contributed by atoms with van der Waals surface area (Å²) in [6.45, 7) is 8.27. The van der Waals surface area contributed by atoms with Crippen LogP contribution >= 0.6 is 0 Å². The van der Waals surface area contributed by atoms with Gasteiger partial charge in [-0.15, -0.1) is 0 Å². The van der Waals surface area contributed by atoms with Crippen LogP contribution in [-0.4, -0.2) is 30.3 Å². The van der Waals surface area contributed by atoms with Crippen LogP contribution in [-0.2, 0) is 19.1 Å². The van der Waals surface area contributed by atoms with Crippen LogP contribution in [0.3, 0.4) is 0 Å². The smallest absolute Gasteiger partial charge is 0.459 e. The summed E-state index contributed by atoms with van der Waals surface area (Å²) in [7, 11) is 0. The average Bonchev–Trinajstić information content (AvgIpc) is 2.40. The number of carbonyl (C=O) groups is 2. The molecule has 0 aliphatic rings. The summed E-state index contributed by atoms with van der Waals surface area (Å²) in [6, 6.07) is 0.